The van der Waals surface area contributed by atoms with Crippen molar-refractivity contribution in [3.8, 4) is 0 Å². The second-order valence-corrected chi connectivity index (χ2v) is 3.72. The molecule has 0 rings (SSSR count). The van der Waals surface area contributed by atoms with Crippen LogP contribution < -0.4 is 0 Å². The zero-order chi connectivity index (χ0) is 10.3. The number of hydrogen-bond donors (Lipinski definition) is 0. The minimum atomic E-state index is -0.573. The van der Waals surface area contributed by atoms with E-state index in [1.807, 2.05) is 0 Å². The first-order valence-corrected chi connectivity index (χ1v) is 5.13. The summed E-state index contributed by atoms with van der Waals surface area (Å²) in [5.41, 5.74) is 0. The van der Waals surface area contributed by atoms with Crippen LogP contribution in [0.5, 0.6) is 0 Å². The van der Waals surface area contributed by atoms with Gasteiger partial charge in [0.25, 0.3) is 0 Å². The summed E-state index contributed by atoms with van der Waals surface area (Å²) in [4.78, 5) is 0. The molecule has 0 fully saturated rings. The summed E-state index contributed by atoms with van der Waals surface area (Å²) < 4.78 is 25.9. The molecule has 0 radical (unpaired) electrons. The molecule has 0 saturated heterocycles. The number of allylic oxidation sites excluding steroid dienone is 2. The molecule has 0 aliphatic carbocycles. The molecular formula is C11H20F2. The van der Waals surface area contributed by atoms with E-state index in [0.29, 0.717) is 0 Å². The molecule has 0 heterocycles. The van der Waals surface area contributed by atoms with Gasteiger partial charge in [-0.25, -0.2) is 8.78 Å². The van der Waals surface area contributed by atoms with Gasteiger partial charge in [-0.05, 0) is 6.42 Å². The van der Waals surface area contributed by atoms with Crippen LogP contribution in [0.15, 0.2) is 11.7 Å². The van der Waals surface area contributed by atoms with E-state index < -0.39 is 11.7 Å². The standard InChI is InChI=1S/C11H20F2/c1-4-5-6-7-8-10(12)11(13)9(2)3/h9H,4-8H2,1-3H3. The lowest BCUT2D eigenvalue weighted by Crippen LogP contribution is -1.91. The van der Waals surface area contributed by atoms with Crippen molar-refractivity contribution in [2.75, 3.05) is 0 Å². The normalized spacial score (nSPS) is 13.4. The van der Waals surface area contributed by atoms with E-state index in [4.69, 9.17) is 0 Å². The lowest BCUT2D eigenvalue weighted by atomic mass is 10.1. The summed E-state index contributed by atoms with van der Waals surface area (Å²) in [6, 6.07) is 0. The Morgan fingerprint density at radius 2 is 1.69 bits per heavy atom. The topological polar surface area (TPSA) is 0 Å². The Bertz CT molecular complexity index is 159. The van der Waals surface area contributed by atoms with Crippen LogP contribution in [-0.4, -0.2) is 0 Å². The van der Waals surface area contributed by atoms with Crippen LogP contribution >= 0.6 is 0 Å². The largest absolute Gasteiger partial charge is 0.209 e. The molecule has 0 nitrogen and oxygen atoms in total. The fourth-order valence-corrected chi connectivity index (χ4v) is 1.14. The number of hydrogen-bond acceptors (Lipinski definition) is 0. The maximum Gasteiger partial charge on any atom is 0.134 e. The summed E-state index contributed by atoms with van der Waals surface area (Å²) >= 11 is 0. The highest BCUT2D eigenvalue weighted by molar-refractivity contribution is 5.01. The first-order valence-electron chi connectivity index (χ1n) is 5.13. The Hall–Kier alpha value is -0.400. The highest BCUT2D eigenvalue weighted by atomic mass is 19.2. The van der Waals surface area contributed by atoms with Crippen LogP contribution in [-0.2, 0) is 0 Å². The van der Waals surface area contributed by atoms with E-state index in [0.717, 1.165) is 25.7 Å². The molecule has 78 valence electrons. The minimum absolute atomic E-state index is 0.268. The predicted octanol–water partition coefficient (Wildman–Crippen LogP) is 4.76. The SMILES string of the molecule is CCCCCCC(F)=C(F)C(C)C. The van der Waals surface area contributed by atoms with Gasteiger partial charge in [0.15, 0.2) is 0 Å². The monoisotopic (exact) mass is 190 g/mol. The van der Waals surface area contributed by atoms with Crippen molar-refractivity contribution in [3.05, 3.63) is 11.7 Å². The average Bonchev–Trinajstić information content (AvgIpc) is 2.10. The molecule has 0 spiro atoms. The van der Waals surface area contributed by atoms with E-state index in [9.17, 15) is 8.78 Å². The maximum atomic E-state index is 13.0. The third-order valence-corrected chi connectivity index (χ3v) is 2.02. The fraction of sp³-hybridized carbons (Fsp3) is 0.818. The molecule has 0 bridgehead atoms. The number of rotatable bonds is 6. The Morgan fingerprint density at radius 3 is 2.15 bits per heavy atom. The van der Waals surface area contributed by atoms with Crippen molar-refractivity contribution in [2.45, 2.75) is 52.9 Å². The van der Waals surface area contributed by atoms with Gasteiger partial charge in [0.1, 0.15) is 11.7 Å². The summed E-state index contributed by atoms with van der Waals surface area (Å²) in [6.45, 7) is 5.43. The number of unbranched alkanes of at least 4 members (excludes halogenated alkanes) is 3. The average molecular weight is 190 g/mol. The van der Waals surface area contributed by atoms with Crippen molar-refractivity contribution < 1.29 is 8.78 Å². The summed E-state index contributed by atoms with van der Waals surface area (Å²) in [7, 11) is 0. The van der Waals surface area contributed by atoms with E-state index in [-0.39, 0.29) is 12.3 Å². The Labute approximate surface area is 80.0 Å². The van der Waals surface area contributed by atoms with Crippen LogP contribution in [0, 0.1) is 5.92 Å². The fourth-order valence-electron chi connectivity index (χ4n) is 1.14. The van der Waals surface area contributed by atoms with Crippen LogP contribution in [0.25, 0.3) is 0 Å². The summed E-state index contributed by atoms with van der Waals surface area (Å²) in [6.07, 6.45) is 4.26. The van der Waals surface area contributed by atoms with Crippen molar-refractivity contribution in [2.24, 2.45) is 5.92 Å². The van der Waals surface area contributed by atoms with E-state index in [1.165, 1.54) is 0 Å². The van der Waals surface area contributed by atoms with Crippen LogP contribution in [0.1, 0.15) is 52.9 Å². The summed E-state index contributed by atoms with van der Waals surface area (Å²) in [5.74, 6) is -1.44. The molecule has 0 N–H and O–H groups in total. The molecule has 0 aliphatic heterocycles. The molecule has 0 amide bonds. The molecule has 0 aromatic rings. The van der Waals surface area contributed by atoms with Gasteiger partial charge >= 0.3 is 0 Å². The first-order chi connectivity index (χ1) is 6.09. The number of halogens is 2. The lowest BCUT2D eigenvalue weighted by Gasteiger charge is -2.03. The molecule has 0 aromatic heterocycles. The van der Waals surface area contributed by atoms with Crippen LogP contribution in [0.3, 0.4) is 0 Å². The molecule has 0 saturated carbocycles. The second-order valence-electron chi connectivity index (χ2n) is 3.72. The van der Waals surface area contributed by atoms with Gasteiger partial charge in [-0.3, -0.25) is 0 Å². The quantitative estimate of drug-likeness (QED) is 0.529. The minimum Gasteiger partial charge on any atom is -0.209 e. The van der Waals surface area contributed by atoms with Gasteiger partial charge in [-0.15, -0.1) is 0 Å². The van der Waals surface area contributed by atoms with Gasteiger partial charge in [0, 0.05) is 12.3 Å². The van der Waals surface area contributed by atoms with Gasteiger partial charge in [-0.2, -0.15) is 0 Å². The third-order valence-electron chi connectivity index (χ3n) is 2.02. The lowest BCUT2D eigenvalue weighted by molar-refractivity contribution is 0.439. The molecular weight excluding hydrogens is 170 g/mol. The molecule has 2 heteroatoms. The van der Waals surface area contributed by atoms with Crippen molar-refractivity contribution >= 4 is 0 Å². The van der Waals surface area contributed by atoms with E-state index in [1.54, 1.807) is 13.8 Å². The Kier molecular flexibility index (Phi) is 6.83. The Balaban J connectivity index is 3.72. The zero-order valence-electron chi connectivity index (χ0n) is 8.87. The van der Waals surface area contributed by atoms with Crippen molar-refractivity contribution in [3.63, 3.8) is 0 Å². The molecule has 13 heavy (non-hydrogen) atoms. The second kappa shape index (κ2) is 7.05. The smallest absolute Gasteiger partial charge is 0.134 e. The molecule has 0 aromatic carbocycles. The molecule has 0 unspecified atom stereocenters. The van der Waals surface area contributed by atoms with E-state index >= 15 is 0 Å². The van der Waals surface area contributed by atoms with E-state index in [2.05, 4.69) is 6.92 Å². The zero-order valence-corrected chi connectivity index (χ0v) is 8.87. The predicted molar refractivity (Wildman–Crippen MR) is 52.8 cm³/mol. The van der Waals surface area contributed by atoms with Crippen LogP contribution in [0.4, 0.5) is 8.78 Å². The van der Waals surface area contributed by atoms with Gasteiger partial charge in [0.05, 0.1) is 0 Å². The Morgan fingerprint density at radius 1 is 1.08 bits per heavy atom. The molecule has 0 atom stereocenters. The highest BCUT2D eigenvalue weighted by Gasteiger charge is 2.09. The van der Waals surface area contributed by atoms with Crippen LogP contribution in [0.2, 0.25) is 0 Å². The third kappa shape index (κ3) is 5.78. The van der Waals surface area contributed by atoms with Crippen molar-refractivity contribution in [1.82, 2.24) is 0 Å². The van der Waals surface area contributed by atoms with Gasteiger partial charge < -0.3 is 0 Å². The maximum absolute atomic E-state index is 13.0. The van der Waals surface area contributed by atoms with Gasteiger partial charge in [-0.1, -0.05) is 40.0 Å². The van der Waals surface area contributed by atoms with Crippen molar-refractivity contribution in [1.29, 1.82) is 0 Å². The van der Waals surface area contributed by atoms with Gasteiger partial charge in [0.2, 0.25) is 0 Å². The summed E-state index contributed by atoms with van der Waals surface area (Å²) in [5, 5.41) is 0. The highest BCUT2D eigenvalue weighted by Crippen LogP contribution is 2.21. The molecule has 0 aliphatic rings. The first kappa shape index (κ1) is 12.6.